The van der Waals surface area contributed by atoms with Gasteiger partial charge in [-0.2, -0.15) is 0 Å². The summed E-state index contributed by atoms with van der Waals surface area (Å²) in [7, 11) is 0. The Balaban J connectivity index is 1.72. The van der Waals surface area contributed by atoms with E-state index in [4.69, 9.17) is 4.42 Å². The summed E-state index contributed by atoms with van der Waals surface area (Å²) < 4.78 is 5.74. The van der Waals surface area contributed by atoms with Gasteiger partial charge in [0.05, 0.1) is 0 Å². The van der Waals surface area contributed by atoms with E-state index >= 15 is 0 Å². The topological polar surface area (TPSA) is 92.0 Å². The predicted octanol–water partition coefficient (Wildman–Crippen LogP) is 5.03. The molecule has 0 radical (unpaired) electrons. The van der Waals surface area contributed by atoms with E-state index in [1.165, 1.54) is 23.4 Å². The summed E-state index contributed by atoms with van der Waals surface area (Å²) >= 11 is 2.48. The molecule has 6 nitrogen and oxygen atoms in total. The van der Waals surface area contributed by atoms with Gasteiger partial charge in [0.25, 0.3) is 0 Å². The number of aliphatic carboxylic acids is 1. The molecular formula is C19H19N3O3S2. The molecule has 8 heteroatoms. The van der Waals surface area contributed by atoms with Crippen molar-refractivity contribution in [2.24, 2.45) is 0 Å². The van der Waals surface area contributed by atoms with Gasteiger partial charge in [-0.05, 0) is 49.4 Å². The third-order valence-electron chi connectivity index (χ3n) is 3.52. The molecule has 0 aliphatic heterocycles. The normalized spacial score (nSPS) is 11.7. The molecule has 3 rings (SSSR count). The maximum atomic E-state index is 11.6. The van der Waals surface area contributed by atoms with Gasteiger partial charge in [0.2, 0.25) is 5.16 Å². The molecule has 0 aliphatic carbocycles. The second-order valence-electron chi connectivity index (χ2n) is 5.80. The molecule has 2 N–H and O–H groups in total. The molecule has 0 saturated carbocycles. The van der Waals surface area contributed by atoms with Crippen LogP contribution in [0.15, 0.2) is 60.9 Å². The first-order chi connectivity index (χ1) is 13.0. The largest absolute Gasteiger partial charge is 0.477 e. The van der Waals surface area contributed by atoms with Crippen molar-refractivity contribution in [1.82, 2.24) is 15.2 Å². The average molecular weight is 402 g/mol. The molecule has 140 valence electrons. The number of furan rings is 1. The minimum atomic E-state index is -1.05. The van der Waals surface area contributed by atoms with Gasteiger partial charge in [-0.25, -0.2) is 9.78 Å². The lowest BCUT2D eigenvalue weighted by Gasteiger charge is -1.99. The number of H-pyrrole nitrogens is 1. The van der Waals surface area contributed by atoms with Crippen LogP contribution in [-0.2, 0) is 11.2 Å². The Morgan fingerprint density at radius 3 is 2.74 bits per heavy atom. The lowest BCUT2D eigenvalue weighted by Crippen LogP contribution is -1.97. The molecular weight excluding hydrogens is 382 g/mol. The Labute approximate surface area is 165 Å². The molecule has 0 saturated heterocycles. The van der Waals surface area contributed by atoms with E-state index in [0.717, 1.165) is 35.3 Å². The van der Waals surface area contributed by atoms with E-state index in [0.29, 0.717) is 16.0 Å². The Kier molecular flexibility index (Phi) is 6.41. The van der Waals surface area contributed by atoms with E-state index < -0.39 is 5.97 Å². The Bertz CT molecular complexity index is 945. The standard InChI is InChI=1S/C19H19N3O3S2/c1-3-4-16-20-19(22-21-16)27-15(18(23)24)11-13-7-10-17(25-13)26-14-8-5-12(2)6-9-14/h5-11H,3-4H2,1-2H3,(H,23,24)(H,20,21,22)/b15-11-. The molecule has 3 aromatic rings. The van der Waals surface area contributed by atoms with E-state index in [-0.39, 0.29) is 4.91 Å². The van der Waals surface area contributed by atoms with Crippen LogP contribution in [0.5, 0.6) is 0 Å². The van der Waals surface area contributed by atoms with Gasteiger partial charge in [0, 0.05) is 17.4 Å². The van der Waals surface area contributed by atoms with E-state index in [9.17, 15) is 9.90 Å². The summed E-state index contributed by atoms with van der Waals surface area (Å²) in [5.41, 5.74) is 1.19. The Hall–Kier alpha value is -2.45. The summed E-state index contributed by atoms with van der Waals surface area (Å²) in [6.07, 6.45) is 3.20. The minimum Gasteiger partial charge on any atom is -0.477 e. The molecule has 0 bridgehead atoms. The van der Waals surface area contributed by atoms with Crippen LogP contribution in [0.3, 0.4) is 0 Å². The molecule has 0 unspecified atom stereocenters. The number of nitrogens with one attached hydrogen (secondary N) is 1. The maximum Gasteiger partial charge on any atom is 0.342 e. The first-order valence-corrected chi connectivity index (χ1v) is 10.0. The van der Waals surface area contributed by atoms with Crippen LogP contribution in [-0.4, -0.2) is 26.3 Å². The molecule has 0 amide bonds. The van der Waals surface area contributed by atoms with Crippen molar-refractivity contribution in [1.29, 1.82) is 0 Å². The highest BCUT2D eigenvalue weighted by Gasteiger charge is 2.15. The van der Waals surface area contributed by atoms with Gasteiger partial charge in [-0.15, -0.1) is 5.10 Å². The first kappa shape index (κ1) is 19.3. The van der Waals surface area contributed by atoms with Gasteiger partial charge in [0.1, 0.15) is 16.5 Å². The zero-order chi connectivity index (χ0) is 19.2. The average Bonchev–Trinajstić information content (AvgIpc) is 3.26. The van der Waals surface area contributed by atoms with Crippen molar-refractivity contribution in [3.63, 3.8) is 0 Å². The number of hydrogen-bond donors (Lipinski definition) is 2. The van der Waals surface area contributed by atoms with E-state index in [1.807, 2.05) is 44.2 Å². The lowest BCUT2D eigenvalue weighted by molar-refractivity contribution is -0.131. The van der Waals surface area contributed by atoms with E-state index in [2.05, 4.69) is 15.2 Å². The Morgan fingerprint density at radius 1 is 1.26 bits per heavy atom. The molecule has 0 fully saturated rings. The van der Waals surface area contributed by atoms with Crippen molar-refractivity contribution in [3.05, 3.63) is 58.5 Å². The quantitative estimate of drug-likeness (QED) is 0.404. The zero-order valence-electron chi connectivity index (χ0n) is 14.9. The van der Waals surface area contributed by atoms with Crippen LogP contribution < -0.4 is 0 Å². The second kappa shape index (κ2) is 8.96. The number of thioether (sulfide) groups is 1. The molecule has 1 aromatic carbocycles. The van der Waals surface area contributed by atoms with Crippen LogP contribution in [0.1, 0.15) is 30.5 Å². The molecule has 2 aromatic heterocycles. The number of carboxylic acid groups (broad SMARTS) is 1. The highest BCUT2D eigenvalue weighted by molar-refractivity contribution is 8.04. The lowest BCUT2D eigenvalue weighted by atomic mass is 10.2. The Morgan fingerprint density at radius 2 is 2.04 bits per heavy atom. The molecule has 0 atom stereocenters. The minimum absolute atomic E-state index is 0.0956. The molecule has 27 heavy (non-hydrogen) atoms. The van der Waals surface area contributed by atoms with Gasteiger partial charge in [-0.1, -0.05) is 36.4 Å². The number of carbonyl (C=O) groups is 1. The fourth-order valence-corrected chi connectivity index (χ4v) is 3.71. The summed E-state index contributed by atoms with van der Waals surface area (Å²) in [5.74, 6) is 0.171. The third kappa shape index (κ3) is 5.51. The number of benzene rings is 1. The maximum absolute atomic E-state index is 11.6. The number of aromatic nitrogens is 3. The number of rotatable bonds is 8. The monoisotopic (exact) mass is 401 g/mol. The number of hydrogen-bond acceptors (Lipinski definition) is 6. The van der Waals surface area contributed by atoms with Crippen LogP contribution in [0.4, 0.5) is 0 Å². The summed E-state index contributed by atoms with van der Waals surface area (Å²) in [5, 5.41) is 17.4. The molecule has 2 heterocycles. The third-order valence-corrected chi connectivity index (χ3v) is 5.33. The van der Waals surface area contributed by atoms with Gasteiger partial charge >= 0.3 is 5.97 Å². The highest BCUT2D eigenvalue weighted by Crippen LogP contribution is 2.31. The van der Waals surface area contributed by atoms with Gasteiger partial charge in [0.15, 0.2) is 5.09 Å². The number of aryl methyl sites for hydroxylation is 2. The zero-order valence-corrected chi connectivity index (χ0v) is 16.6. The smallest absolute Gasteiger partial charge is 0.342 e. The van der Waals surface area contributed by atoms with Crippen molar-refractivity contribution in [2.75, 3.05) is 0 Å². The number of aromatic amines is 1. The number of nitrogens with zero attached hydrogens (tertiary/aromatic N) is 2. The van der Waals surface area contributed by atoms with Crippen LogP contribution >= 0.6 is 23.5 Å². The summed E-state index contributed by atoms with van der Waals surface area (Å²) in [4.78, 5) is 17.0. The van der Waals surface area contributed by atoms with Crippen LogP contribution in [0, 0.1) is 6.92 Å². The van der Waals surface area contributed by atoms with Gasteiger partial charge < -0.3 is 9.52 Å². The van der Waals surface area contributed by atoms with Gasteiger partial charge in [-0.3, -0.25) is 5.10 Å². The van der Waals surface area contributed by atoms with Crippen LogP contribution in [0.25, 0.3) is 6.08 Å². The van der Waals surface area contributed by atoms with Crippen molar-refractivity contribution < 1.29 is 14.3 Å². The van der Waals surface area contributed by atoms with Crippen molar-refractivity contribution in [2.45, 2.75) is 41.8 Å². The molecule has 0 spiro atoms. The fourth-order valence-electron chi connectivity index (χ4n) is 2.22. The second-order valence-corrected chi connectivity index (χ2v) is 7.89. The van der Waals surface area contributed by atoms with Crippen molar-refractivity contribution in [3.8, 4) is 0 Å². The number of carboxylic acids is 1. The van der Waals surface area contributed by atoms with E-state index in [1.54, 1.807) is 6.07 Å². The van der Waals surface area contributed by atoms with Crippen molar-refractivity contribution >= 4 is 35.6 Å². The summed E-state index contributed by atoms with van der Waals surface area (Å²) in [6.45, 7) is 4.08. The summed E-state index contributed by atoms with van der Waals surface area (Å²) in [6, 6.07) is 11.7. The van der Waals surface area contributed by atoms with Crippen LogP contribution in [0.2, 0.25) is 0 Å². The predicted molar refractivity (Wildman–Crippen MR) is 106 cm³/mol. The first-order valence-electron chi connectivity index (χ1n) is 8.42. The highest BCUT2D eigenvalue weighted by atomic mass is 32.2. The SMILES string of the molecule is CCCc1nc(S/C(=C\c2ccc(Sc3ccc(C)cc3)o2)C(=O)O)n[nH]1. The fraction of sp³-hybridized carbons (Fsp3) is 0.211. The molecule has 0 aliphatic rings.